The molecule has 1 saturated heterocycles. The molecular weight excluding hydrogens is 220 g/mol. The first-order valence-electron chi connectivity index (χ1n) is 7.31. The van der Waals surface area contributed by atoms with E-state index in [0.29, 0.717) is 0 Å². The second-order valence-electron chi connectivity index (χ2n) is 5.57. The van der Waals surface area contributed by atoms with Crippen molar-refractivity contribution in [3.63, 3.8) is 0 Å². The van der Waals surface area contributed by atoms with Gasteiger partial charge in [-0.25, -0.2) is 0 Å². The highest BCUT2D eigenvalue weighted by atomic mass is 15.1. The lowest BCUT2D eigenvalue weighted by molar-refractivity contribution is 0.459. The summed E-state index contributed by atoms with van der Waals surface area (Å²) in [5.41, 5.74) is 8.47. The third-order valence-electron chi connectivity index (χ3n) is 4.21. The van der Waals surface area contributed by atoms with Crippen LogP contribution in [-0.4, -0.2) is 13.1 Å². The Morgan fingerprint density at radius 2 is 1.94 bits per heavy atom. The molecule has 1 heterocycles. The van der Waals surface area contributed by atoms with Gasteiger partial charge >= 0.3 is 0 Å². The normalized spacial score (nSPS) is 22.6. The second-order valence-corrected chi connectivity index (χ2v) is 5.57. The molecule has 0 aromatic heterocycles. The maximum Gasteiger partial charge on any atom is 0.0366 e. The van der Waals surface area contributed by atoms with Crippen molar-refractivity contribution in [2.75, 3.05) is 18.0 Å². The molecule has 1 fully saturated rings. The largest absolute Gasteiger partial charge is 0.372 e. The van der Waals surface area contributed by atoms with Crippen LogP contribution in [0, 0.1) is 5.92 Å². The Bertz CT molecular complexity index is 356. The third kappa shape index (κ3) is 3.26. The lowest BCUT2D eigenvalue weighted by Crippen LogP contribution is -2.24. The van der Waals surface area contributed by atoms with Gasteiger partial charge in [0.05, 0.1) is 0 Å². The summed E-state index contributed by atoms with van der Waals surface area (Å²) in [6, 6.07) is 8.92. The van der Waals surface area contributed by atoms with Gasteiger partial charge in [0.1, 0.15) is 0 Å². The molecule has 1 aromatic carbocycles. The average Bonchev–Trinajstić information content (AvgIpc) is 2.64. The number of benzene rings is 1. The van der Waals surface area contributed by atoms with Crippen molar-refractivity contribution in [2.45, 2.75) is 45.6 Å². The highest BCUT2D eigenvalue weighted by Gasteiger charge is 2.15. The zero-order valence-electron chi connectivity index (χ0n) is 11.7. The van der Waals surface area contributed by atoms with Gasteiger partial charge in [0, 0.05) is 24.8 Å². The Balaban J connectivity index is 2.02. The average molecular weight is 246 g/mol. The fourth-order valence-electron chi connectivity index (χ4n) is 2.82. The van der Waals surface area contributed by atoms with Crippen LogP contribution in [-0.2, 0) is 0 Å². The maximum atomic E-state index is 5.89. The van der Waals surface area contributed by atoms with Gasteiger partial charge in [0.15, 0.2) is 0 Å². The maximum absolute atomic E-state index is 5.89. The number of nitrogens with zero attached hydrogens (tertiary/aromatic N) is 1. The molecule has 1 aliphatic rings. The molecule has 100 valence electrons. The summed E-state index contributed by atoms with van der Waals surface area (Å²) in [5.74, 6) is 0.929. The molecule has 0 spiro atoms. The Morgan fingerprint density at radius 3 is 2.56 bits per heavy atom. The van der Waals surface area contributed by atoms with E-state index in [0.717, 1.165) is 5.92 Å². The highest BCUT2D eigenvalue weighted by Crippen LogP contribution is 2.25. The molecular formula is C16H26N2. The van der Waals surface area contributed by atoms with Gasteiger partial charge in [0.2, 0.25) is 0 Å². The molecule has 1 aliphatic heterocycles. The molecule has 0 aliphatic carbocycles. The van der Waals surface area contributed by atoms with Gasteiger partial charge in [0.25, 0.3) is 0 Å². The topological polar surface area (TPSA) is 29.3 Å². The minimum absolute atomic E-state index is 0.132. The first-order valence-corrected chi connectivity index (χ1v) is 7.31. The van der Waals surface area contributed by atoms with Crippen molar-refractivity contribution in [1.29, 1.82) is 0 Å². The molecule has 2 N–H and O–H groups in total. The van der Waals surface area contributed by atoms with Crippen molar-refractivity contribution in [3.05, 3.63) is 29.8 Å². The molecule has 2 heteroatoms. The summed E-state index contributed by atoms with van der Waals surface area (Å²) in [5, 5.41) is 0. The smallest absolute Gasteiger partial charge is 0.0366 e. The van der Waals surface area contributed by atoms with E-state index in [1.807, 2.05) is 6.92 Å². The van der Waals surface area contributed by atoms with E-state index in [1.165, 1.54) is 50.0 Å². The molecule has 0 saturated carbocycles. The standard InChI is InChI=1S/C16H26N2/c1-3-14-5-4-11-18(12-10-14)16-8-6-15(7-9-16)13(2)17/h6-9,13-14H,3-5,10-12,17H2,1-2H3/t13-,14?/m0/s1. The molecule has 2 nitrogen and oxygen atoms in total. The third-order valence-corrected chi connectivity index (χ3v) is 4.21. The predicted octanol–water partition coefficient (Wildman–Crippen LogP) is 3.72. The second kappa shape index (κ2) is 6.24. The predicted molar refractivity (Wildman–Crippen MR) is 78.9 cm³/mol. The number of hydrogen-bond acceptors (Lipinski definition) is 2. The van der Waals surface area contributed by atoms with Crippen LogP contribution < -0.4 is 10.6 Å². The van der Waals surface area contributed by atoms with Gasteiger partial charge < -0.3 is 10.6 Å². The minimum atomic E-state index is 0.132. The van der Waals surface area contributed by atoms with Gasteiger partial charge in [-0.1, -0.05) is 25.5 Å². The highest BCUT2D eigenvalue weighted by molar-refractivity contribution is 5.48. The molecule has 18 heavy (non-hydrogen) atoms. The monoisotopic (exact) mass is 246 g/mol. The fraction of sp³-hybridized carbons (Fsp3) is 0.625. The summed E-state index contributed by atoms with van der Waals surface area (Å²) in [7, 11) is 0. The summed E-state index contributed by atoms with van der Waals surface area (Å²) in [6.07, 6.45) is 5.39. The summed E-state index contributed by atoms with van der Waals surface area (Å²) in [4.78, 5) is 2.53. The van der Waals surface area contributed by atoms with Crippen LogP contribution >= 0.6 is 0 Å². The number of nitrogens with two attached hydrogens (primary N) is 1. The fourth-order valence-corrected chi connectivity index (χ4v) is 2.82. The van der Waals surface area contributed by atoms with Crippen molar-refractivity contribution >= 4 is 5.69 Å². The van der Waals surface area contributed by atoms with Gasteiger partial charge in [-0.05, 0) is 49.8 Å². The Morgan fingerprint density at radius 1 is 1.22 bits per heavy atom. The minimum Gasteiger partial charge on any atom is -0.372 e. The lowest BCUT2D eigenvalue weighted by atomic mass is 9.98. The summed E-state index contributed by atoms with van der Waals surface area (Å²) >= 11 is 0. The van der Waals surface area contributed by atoms with Crippen LogP contribution in [0.2, 0.25) is 0 Å². The van der Waals surface area contributed by atoms with Crippen LogP contribution in [0.25, 0.3) is 0 Å². The molecule has 1 unspecified atom stereocenters. The Kier molecular flexibility index (Phi) is 4.65. The number of rotatable bonds is 3. The van der Waals surface area contributed by atoms with Crippen molar-refractivity contribution in [1.82, 2.24) is 0 Å². The Labute approximate surface area is 111 Å². The van der Waals surface area contributed by atoms with Crippen molar-refractivity contribution in [2.24, 2.45) is 11.7 Å². The lowest BCUT2D eigenvalue weighted by Gasteiger charge is -2.23. The number of hydrogen-bond donors (Lipinski definition) is 1. The zero-order chi connectivity index (χ0) is 13.0. The van der Waals surface area contributed by atoms with Gasteiger partial charge in [-0.2, -0.15) is 0 Å². The van der Waals surface area contributed by atoms with E-state index in [-0.39, 0.29) is 6.04 Å². The first-order chi connectivity index (χ1) is 8.70. The van der Waals surface area contributed by atoms with E-state index in [9.17, 15) is 0 Å². The molecule has 0 amide bonds. The van der Waals surface area contributed by atoms with E-state index < -0.39 is 0 Å². The first kappa shape index (κ1) is 13.4. The Hall–Kier alpha value is -1.02. The molecule has 1 aromatic rings. The van der Waals surface area contributed by atoms with E-state index in [2.05, 4.69) is 36.1 Å². The van der Waals surface area contributed by atoms with E-state index in [4.69, 9.17) is 5.73 Å². The van der Waals surface area contributed by atoms with Gasteiger partial charge in [-0.3, -0.25) is 0 Å². The van der Waals surface area contributed by atoms with Gasteiger partial charge in [-0.15, -0.1) is 0 Å². The number of anilines is 1. The van der Waals surface area contributed by atoms with Crippen LogP contribution in [0.1, 0.15) is 51.1 Å². The summed E-state index contributed by atoms with van der Waals surface area (Å²) in [6.45, 7) is 6.76. The molecule has 2 atom stereocenters. The van der Waals surface area contributed by atoms with Crippen LogP contribution in [0.5, 0.6) is 0 Å². The molecule has 2 rings (SSSR count). The summed E-state index contributed by atoms with van der Waals surface area (Å²) < 4.78 is 0. The quantitative estimate of drug-likeness (QED) is 0.880. The van der Waals surface area contributed by atoms with Crippen molar-refractivity contribution < 1.29 is 0 Å². The van der Waals surface area contributed by atoms with Crippen LogP contribution in [0.15, 0.2) is 24.3 Å². The van der Waals surface area contributed by atoms with Crippen LogP contribution in [0.3, 0.4) is 0 Å². The van der Waals surface area contributed by atoms with Crippen LogP contribution in [0.4, 0.5) is 5.69 Å². The zero-order valence-corrected chi connectivity index (χ0v) is 11.7. The molecule has 0 bridgehead atoms. The SMILES string of the molecule is CCC1CCCN(c2ccc([C@H](C)N)cc2)CC1. The van der Waals surface area contributed by atoms with E-state index >= 15 is 0 Å². The van der Waals surface area contributed by atoms with E-state index in [1.54, 1.807) is 0 Å². The van der Waals surface area contributed by atoms with Crippen molar-refractivity contribution in [3.8, 4) is 0 Å². The molecule has 0 radical (unpaired) electrons.